The first-order valence-electron chi connectivity index (χ1n) is 13.1. The number of ether oxygens (including phenoxy) is 1. The fourth-order valence-corrected chi connectivity index (χ4v) is 5.35. The summed E-state index contributed by atoms with van der Waals surface area (Å²) < 4.78 is 19.9. The fourth-order valence-electron chi connectivity index (χ4n) is 5.35. The minimum Gasteiger partial charge on any atom is -0.497 e. The van der Waals surface area contributed by atoms with Crippen molar-refractivity contribution in [2.24, 2.45) is 0 Å². The number of benzene rings is 3. The van der Waals surface area contributed by atoms with Gasteiger partial charge in [-0.15, -0.1) is 0 Å². The van der Waals surface area contributed by atoms with Gasteiger partial charge in [-0.25, -0.2) is 4.39 Å². The second kappa shape index (κ2) is 11.5. The maximum Gasteiger partial charge on any atom is 0.248 e. The van der Waals surface area contributed by atoms with E-state index in [0.29, 0.717) is 17.0 Å². The first-order valence-corrected chi connectivity index (χ1v) is 13.1. The number of nitrogens with one attached hydrogen (secondary N) is 2. The van der Waals surface area contributed by atoms with Gasteiger partial charge in [-0.1, -0.05) is 55.7 Å². The van der Waals surface area contributed by atoms with Crippen LogP contribution in [0.15, 0.2) is 79.0 Å². The predicted molar refractivity (Wildman–Crippen MR) is 147 cm³/mol. The largest absolute Gasteiger partial charge is 0.497 e. The van der Waals surface area contributed by atoms with Gasteiger partial charge in [-0.05, 0) is 60.4 Å². The van der Waals surface area contributed by atoms with Crippen molar-refractivity contribution in [2.45, 2.75) is 50.6 Å². The molecule has 7 heteroatoms. The molecule has 38 heavy (non-hydrogen) atoms. The number of fused-ring (bicyclic) bond motifs is 1. The van der Waals surface area contributed by atoms with E-state index in [-0.39, 0.29) is 24.3 Å². The smallest absolute Gasteiger partial charge is 0.248 e. The molecule has 4 aromatic rings. The number of anilines is 1. The summed E-state index contributed by atoms with van der Waals surface area (Å²) in [4.78, 5) is 32.7. The number of para-hydroxylation sites is 1. The molecule has 1 aliphatic carbocycles. The highest BCUT2D eigenvalue weighted by Gasteiger charge is 2.34. The third kappa shape index (κ3) is 5.57. The molecule has 1 atom stereocenters. The fraction of sp³-hybridized carbons (Fsp3) is 0.290. The Hall–Kier alpha value is -4.13. The molecule has 1 aliphatic rings. The van der Waals surface area contributed by atoms with Crippen LogP contribution in [0.25, 0.3) is 10.9 Å². The van der Waals surface area contributed by atoms with E-state index < -0.39 is 11.9 Å². The normalized spacial score (nSPS) is 14.7. The number of methoxy groups -OCH3 is 1. The van der Waals surface area contributed by atoms with Crippen LogP contribution in [0.5, 0.6) is 5.75 Å². The van der Waals surface area contributed by atoms with Crippen molar-refractivity contribution in [1.29, 1.82) is 0 Å². The molecule has 1 fully saturated rings. The van der Waals surface area contributed by atoms with Gasteiger partial charge >= 0.3 is 0 Å². The lowest BCUT2D eigenvalue weighted by Gasteiger charge is -2.33. The van der Waals surface area contributed by atoms with Gasteiger partial charge in [-0.2, -0.15) is 0 Å². The molecule has 2 amide bonds. The van der Waals surface area contributed by atoms with Crippen LogP contribution >= 0.6 is 0 Å². The lowest BCUT2D eigenvalue weighted by molar-refractivity contribution is -0.127. The lowest BCUT2D eigenvalue weighted by Crippen LogP contribution is -2.47. The summed E-state index contributed by atoms with van der Waals surface area (Å²) in [5.41, 5.74) is 2.65. The summed E-state index contributed by atoms with van der Waals surface area (Å²) >= 11 is 0. The van der Waals surface area contributed by atoms with Crippen LogP contribution in [0, 0.1) is 5.82 Å². The number of carbonyl (C=O) groups excluding carboxylic acids is 2. The molecule has 3 aromatic carbocycles. The van der Waals surface area contributed by atoms with E-state index in [0.717, 1.165) is 48.6 Å². The number of rotatable bonds is 8. The van der Waals surface area contributed by atoms with Gasteiger partial charge < -0.3 is 15.0 Å². The second-order valence-electron chi connectivity index (χ2n) is 9.80. The molecule has 0 spiro atoms. The summed E-state index contributed by atoms with van der Waals surface area (Å²) in [6, 6.07) is 19.8. The van der Waals surface area contributed by atoms with E-state index in [1.165, 1.54) is 17.0 Å². The van der Waals surface area contributed by atoms with Crippen molar-refractivity contribution >= 4 is 28.4 Å². The van der Waals surface area contributed by atoms with Crippen LogP contribution < -0.4 is 15.0 Å². The molecule has 0 unspecified atom stereocenters. The molecule has 0 aliphatic heterocycles. The molecular formula is C31H32FN3O3. The van der Waals surface area contributed by atoms with Gasteiger partial charge in [0.1, 0.15) is 17.6 Å². The topological polar surface area (TPSA) is 74.4 Å². The third-order valence-electron chi connectivity index (χ3n) is 7.24. The third-order valence-corrected chi connectivity index (χ3v) is 7.24. The summed E-state index contributed by atoms with van der Waals surface area (Å²) in [7, 11) is 1.56. The standard InChI is InChI=1S/C31H32FN3O3/c1-38-26-14-7-9-21(17-26)30(31(37)34-24-11-3-2-4-12-24)35(25-13-8-10-23(32)19-25)29(36)18-22-20-33-28-16-6-5-15-27(22)28/h5-10,13-17,19-20,24,30,33H,2-4,11-12,18H2,1H3,(H,34,37)/t30-/m0/s1. The van der Waals surface area contributed by atoms with E-state index in [4.69, 9.17) is 4.74 Å². The van der Waals surface area contributed by atoms with Crippen molar-refractivity contribution in [2.75, 3.05) is 12.0 Å². The summed E-state index contributed by atoms with van der Waals surface area (Å²) in [6.07, 6.45) is 6.93. The van der Waals surface area contributed by atoms with E-state index in [9.17, 15) is 14.0 Å². The van der Waals surface area contributed by atoms with Gasteiger partial charge in [0.25, 0.3) is 0 Å². The molecule has 196 valence electrons. The SMILES string of the molecule is COc1cccc([C@@H](C(=O)NC2CCCCC2)N(C(=O)Cc2c[nH]c3ccccc23)c2cccc(F)c2)c1. The van der Waals surface area contributed by atoms with Crippen LogP contribution in [0.4, 0.5) is 10.1 Å². The Labute approximate surface area is 221 Å². The number of aromatic nitrogens is 1. The number of hydrogen-bond donors (Lipinski definition) is 2. The van der Waals surface area contributed by atoms with Crippen molar-refractivity contribution in [3.8, 4) is 5.75 Å². The minimum absolute atomic E-state index is 0.0394. The van der Waals surface area contributed by atoms with E-state index >= 15 is 0 Å². The minimum atomic E-state index is -1.01. The average Bonchev–Trinajstić information content (AvgIpc) is 3.34. The van der Waals surface area contributed by atoms with E-state index in [1.807, 2.05) is 30.5 Å². The first-order chi connectivity index (χ1) is 18.5. The zero-order valence-corrected chi connectivity index (χ0v) is 21.5. The Kier molecular flexibility index (Phi) is 7.73. The van der Waals surface area contributed by atoms with Crippen molar-refractivity contribution in [3.05, 3.63) is 95.9 Å². The Bertz CT molecular complexity index is 1430. The molecule has 1 aromatic heterocycles. The quantitative estimate of drug-likeness (QED) is 0.300. The molecule has 0 saturated heterocycles. The van der Waals surface area contributed by atoms with E-state index in [2.05, 4.69) is 10.3 Å². The Morgan fingerprint density at radius 1 is 1.03 bits per heavy atom. The number of nitrogens with zero attached hydrogens (tertiary/aromatic N) is 1. The van der Waals surface area contributed by atoms with Crippen molar-refractivity contribution in [1.82, 2.24) is 10.3 Å². The average molecular weight is 514 g/mol. The number of hydrogen-bond acceptors (Lipinski definition) is 3. The highest BCUT2D eigenvalue weighted by atomic mass is 19.1. The molecular weight excluding hydrogens is 481 g/mol. The molecule has 0 radical (unpaired) electrons. The van der Waals surface area contributed by atoms with Crippen LogP contribution in [-0.2, 0) is 16.0 Å². The highest BCUT2D eigenvalue weighted by Crippen LogP contribution is 2.32. The van der Waals surface area contributed by atoms with Gasteiger partial charge in [0.2, 0.25) is 11.8 Å². The highest BCUT2D eigenvalue weighted by molar-refractivity contribution is 6.03. The summed E-state index contributed by atoms with van der Waals surface area (Å²) in [6.45, 7) is 0. The van der Waals surface area contributed by atoms with Crippen LogP contribution in [0.1, 0.15) is 49.3 Å². The number of aromatic amines is 1. The first kappa shape index (κ1) is 25.5. The molecule has 0 bridgehead atoms. The molecule has 2 N–H and O–H groups in total. The van der Waals surface area contributed by atoms with E-state index in [1.54, 1.807) is 43.5 Å². The van der Waals surface area contributed by atoms with Gasteiger partial charge in [-0.3, -0.25) is 14.5 Å². The number of H-pyrrole nitrogens is 1. The Balaban J connectivity index is 1.57. The van der Waals surface area contributed by atoms with Gasteiger partial charge in [0.05, 0.1) is 13.5 Å². The molecule has 1 heterocycles. The zero-order valence-electron chi connectivity index (χ0n) is 21.5. The predicted octanol–water partition coefficient (Wildman–Crippen LogP) is 6.08. The van der Waals surface area contributed by atoms with Gasteiger partial charge in [0.15, 0.2) is 0 Å². The molecule has 6 nitrogen and oxygen atoms in total. The Morgan fingerprint density at radius 3 is 2.61 bits per heavy atom. The van der Waals surface area contributed by atoms with Crippen LogP contribution in [0.2, 0.25) is 0 Å². The van der Waals surface area contributed by atoms with Crippen molar-refractivity contribution in [3.63, 3.8) is 0 Å². The number of carbonyl (C=O) groups is 2. The van der Waals surface area contributed by atoms with Crippen LogP contribution in [-0.4, -0.2) is 29.9 Å². The maximum absolute atomic E-state index is 14.5. The zero-order chi connectivity index (χ0) is 26.5. The second-order valence-corrected chi connectivity index (χ2v) is 9.80. The number of halogens is 1. The number of amides is 2. The van der Waals surface area contributed by atoms with Crippen LogP contribution in [0.3, 0.4) is 0 Å². The summed E-state index contributed by atoms with van der Waals surface area (Å²) in [5, 5.41) is 4.12. The summed E-state index contributed by atoms with van der Waals surface area (Å²) in [5.74, 6) is -0.514. The monoisotopic (exact) mass is 513 g/mol. The maximum atomic E-state index is 14.5. The Morgan fingerprint density at radius 2 is 1.82 bits per heavy atom. The van der Waals surface area contributed by atoms with Gasteiger partial charge in [0, 0.05) is 28.8 Å². The molecule has 1 saturated carbocycles. The lowest BCUT2D eigenvalue weighted by atomic mass is 9.94. The van der Waals surface area contributed by atoms with Crippen molar-refractivity contribution < 1.29 is 18.7 Å². The molecule has 5 rings (SSSR count).